The lowest BCUT2D eigenvalue weighted by molar-refractivity contribution is 0.560. The molecule has 0 fully saturated rings. The van der Waals surface area contributed by atoms with E-state index in [0.717, 1.165) is 5.75 Å². The zero-order valence-corrected chi connectivity index (χ0v) is 10.9. The summed E-state index contributed by atoms with van der Waals surface area (Å²) >= 11 is 0. The summed E-state index contributed by atoms with van der Waals surface area (Å²) in [5.74, 6) is 1.03. The molecule has 0 aliphatic heterocycles. The Morgan fingerprint density at radius 2 is 1.79 bits per heavy atom. The highest BCUT2D eigenvalue weighted by molar-refractivity contribution is 6.49. The van der Waals surface area contributed by atoms with Gasteiger partial charge >= 0.3 is 0 Å². The molecule has 0 amide bonds. The summed E-state index contributed by atoms with van der Waals surface area (Å²) in [6, 6.07) is 8.44. The van der Waals surface area contributed by atoms with Crippen molar-refractivity contribution in [1.29, 1.82) is 0 Å². The van der Waals surface area contributed by atoms with E-state index in [1.807, 2.05) is 6.07 Å². The maximum absolute atomic E-state index is 5.79. The van der Waals surface area contributed by atoms with Gasteiger partial charge < -0.3 is 4.43 Å². The molecule has 14 heavy (non-hydrogen) atoms. The Morgan fingerprint density at radius 1 is 1.14 bits per heavy atom. The molecule has 0 unspecified atom stereocenters. The summed E-state index contributed by atoms with van der Waals surface area (Å²) < 4.78 is 5.79. The van der Waals surface area contributed by atoms with Crippen LogP contribution in [0.15, 0.2) is 24.3 Å². The van der Waals surface area contributed by atoms with Gasteiger partial charge in [0.25, 0.3) is 0 Å². The maximum Gasteiger partial charge on any atom is 0.229 e. The third-order valence-electron chi connectivity index (χ3n) is 2.07. The van der Waals surface area contributed by atoms with Gasteiger partial charge in [-0.25, -0.2) is 0 Å². The molecular formula is C12H20OSi. The molecule has 1 rings (SSSR count). The van der Waals surface area contributed by atoms with Gasteiger partial charge in [-0.05, 0) is 36.2 Å². The predicted octanol–water partition coefficient (Wildman–Crippen LogP) is 3.35. The Morgan fingerprint density at radius 3 is 2.29 bits per heavy atom. The highest BCUT2D eigenvalue weighted by Crippen LogP contribution is 2.25. The molecule has 1 aromatic carbocycles. The zero-order chi connectivity index (χ0) is 10.8. The second kappa shape index (κ2) is 4.18. The normalized spacial score (nSPS) is 11.9. The van der Waals surface area contributed by atoms with Crippen LogP contribution < -0.4 is 4.43 Å². The Balaban J connectivity index is 2.90. The molecule has 0 atom stereocenters. The standard InChI is InChI=1S/C12H20OSi/c1-12(2,3)10-7-6-8-11(9-10)13-14(4)5/h6-9,14H,1-5H3. The summed E-state index contributed by atoms with van der Waals surface area (Å²) in [7, 11) is -0.972. The molecule has 0 bridgehead atoms. The minimum Gasteiger partial charge on any atom is -0.547 e. The molecule has 0 aliphatic carbocycles. The van der Waals surface area contributed by atoms with Crippen molar-refractivity contribution in [2.24, 2.45) is 0 Å². The van der Waals surface area contributed by atoms with Crippen molar-refractivity contribution in [1.82, 2.24) is 0 Å². The number of benzene rings is 1. The van der Waals surface area contributed by atoms with Gasteiger partial charge in [0.2, 0.25) is 9.04 Å². The third kappa shape index (κ3) is 3.18. The third-order valence-corrected chi connectivity index (χ3v) is 2.82. The summed E-state index contributed by atoms with van der Waals surface area (Å²) in [6.45, 7) is 11.0. The monoisotopic (exact) mass is 208 g/mol. The van der Waals surface area contributed by atoms with E-state index in [9.17, 15) is 0 Å². The van der Waals surface area contributed by atoms with Crippen LogP contribution in [0.5, 0.6) is 5.75 Å². The lowest BCUT2D eigenvalue weighted by atomic mass is 9.87. The van der Waals surface area contributed by atoms with Gasteiger partial charge in [0.1, 0.15) is 5.75 Å². The van der Waals surface area contributed by atoms with Gasteiger partial charge in [0.15, 0.2) is 0 Å². The van der Waals surface area contributed by atoms with Gasteiger partial charge in [-0.15, -0.1) is 0 Å². The van der Waals surface area contributed by atoms with E-state index in [0.29, 0.717) is 0 Å². The molecule has 0 aliphatic rings. The summed E-state index contributed by atoms with van der Waals surface area (Å²) in [4.78, 5) is 0. The van der Waals surface area contributed by atoms with Crippen LogP contribution in [0.25, 0.3) is 0 Å². The van der Waals surface area contributed by atoms with Gasteiger partial charge in [-0.3, -0.25) is 0 Å². The van der Waals surface area contributed by atoms with E-state index < -0.39 is 9.04 Å². The summed E-state index contributed by atoms with van der Waals surface area (Å²) in [5.41, 5.74) is 1.54. The quantitative estimate of drug-likeness (QED) is 0.677. The maximum atomic E-state index is 5.79. The topological polar surface area (TPSA) is 9.23 Å². The molecule has 0 heterocycles. The molecule has 78 valence electrons. The van der Waals surface area contributed by atoms with Crippen molar-refractivity contribution in [2.75, 3.05) is 0 Å². The Kier molecular flexibility index (Phi) is 3.37. The molecule has 2 heteroatoms. The second-order valence-electron chi connectivity index (χ2n) is 4.94. The minimum absolute atomic E-state index is 0.206. The fraction of sp³-hybridized carbons (Fsp3) is 0.500. The van der Waals surface area contributed by atoms with E-state index in [1.165, 1.54) is 5.56 Å². The van der Waals surface area contributed by atoms with Gasteiger partial charge in [0.05, 0.1) is 0 Å². The van der Waals surface area contributed by atoms with E-state index in [-0.39, 0.29) is 5.41 Å². The van der Waals surface area contributed by atoms with Crippen LogP contribution >= 0.6 is 0 Å². The van der Waals surface area contributed by atoms with Crippen LogP contribution in [-0.4, -0.2) is 9.04 Å². The fourth-order valence-corrected chi connectivity index (χ4v) is 2.00. The van der Waals surface area contributed by atoms with E-state index in [2.05, 4.69) is 52.1 Å². The molecule has 0 aromatic heterocycles. The first kappa shape index (κ1) is 11.3. The lowest BCUT2D eigenvalue weighted by Gasteiger charge is -2.20. The van der Waals surface area contributed by atoms with E-state index in [1.54, 1.807) is 0 Å². The zero-order valence-electron chi connectivity index (χ0n) is 9.79. The van der Waals surface area contributed by atoms with Crippen LogP contribution in [0.2, 0.25) is 13.1 Å². The molecule has 0 radical (unpaired) electrons. The average molecular weight is 208 g/mol. The second-order valence-corrected chi connectivity index (χ2v) is 7.28. The first-order valence-corrected chi connectivity index (χ1v) is 7.95. The SMILES string of the molecule is C[SiH](C)Oc1cccc(C(C)(C)C)c1. The van der Waals surface area contributed by atoms with E-state index >= 15 is 0 Å². The number of hydrogen-bond donors (Lipinski definition) is 0. The largest absolute Gasteiger partial charge is 0.547 e. The molecular weight excluding hydrogens is 188 g/mol. The molecule has 0 saturated carbocycles. The molecule has 1 nitrogen and oxygen atoms in total. The van der Waals surface area contributed by atoms with Crippen molar-refractivity contribution in [3.8, 4) is 5.75 Å². The number of rotatable bonds is 2. The first-order chi connectivity index (χ1) is 6.39. The minimum atomic E-state index is -0.972. The fourth-order valence-electron chi connectivity index (χ4n) is 1.31. The molecule has 0 N–H and O–H groups in total. The van der Waals surface area contributed by atoms with Crippen molar-refractivity contribution >= 4 is 9.04 Å². The predicted molar refractivity (Wildman–Crippen MR) is 64.6 cm³/mol. The number of hydrogen-bond acceptors (Lipinski definition) is 1. The van der Waals surface area contributed by atoms with Crippen molar-refractivity contribution in [3.63, 3.8) is 0 Å². The van der Waals surface area contributed by atoms with Crippen molar-refractivity contribution in [2.45, 2.75) is 39.3 Å². The van der Waals surface area contributed by atoms with Gasteiger partial charge in [-0.2, -0.15) is 0 Å². The van der Waals surface area contributed by atoms with Crippen LogP contribution in [0.3, 0.4) is 0 Å². The lowest BCUT2D eigenvalue weighted by Crippen LogP contribution is -2.14. The highest BCUT2D eigenvalue weighted by atomic mass is 28.3. The summed E-state index contributed by atoms with van der Waals surface area (Å²) in [6.07, 6.45) is 0. The van der Waals surface area contributed by atoms with Crippen LogP contribution in [0.1, 0.15) is 26.3 Å². The average Bonchev–Trinajstić information content (AvgIpc) is 2.01. The van der Waals surface area contributed by atoms with Crippen LogP contribution in [0.4, 0.5) is 0 Å². The Labute approximate surface area is 88.8 Å². The Bertz CT molecular complexity index is 299. The van der Waals surface area contributed by atoms with Gasteiger partial charge in [-0.1, -0.05) is 32.9 Å². The van der Waals surface area contributed by atoms with E-state index in [4.69, 9.17) is 4.43 Å². The van der Waals surface area contributed by atoms with Crippen LogP contribution in [-0.2, 0) is 5.41 Å². The smallest absolute Gasteiger partial charge is 0.229 e. The molecule has 1 aromatic rings. The van der Waals surface area contributed by atoms with Crippen LogP contribution in [0, 0.1) is 0 Å². The molecule has 0 spiro atoms. The first-order valence-electron chi connectivity index (χ1n) is 5.17. The van der Waals surface area contributed by atoms with Crippen molar-refractivity contribution in [3.05, 3.63) is 29.8 Å². The Hall–Kier alpha value is -0.763. The highest BCUT2D eigenvalue weighted by Gasteiger charge is 2.13. The van der Waals surface area contributed by atoms with Gasteiger partial charge in [0, 0.05) is 0 Å². The summed E-state index contributed by atoms with van der Waals surface area (Å²) in [5, 5.41) is 0. The van der Waals surface area contributed by atoms with Crippen molar-refractivity contribution < 1.29 is 4.43 Å². The molecule has 0 saturated heterocycles.